The van der Waals surface area contributed by atoms with Crippen molar-refractivity contribution in [3.05, 3.63) is 17.9 Å². The molecule has 0 nitrogen and oxygen atoms in total. The topological polar surface area (TPSA) is 0 Å². The van der Waals surface area contributed by atoms with Crippen molar-refractivity contribution in [3.8, 4) is 12.3 Å². The molecule has 0 aromatic heterocycles. The highest BCUT2D eigenvalue weighted by molar-refractivity contribution is 5.11. The summed E-state index contributed by atoms with van der Waals surface area (Å²) in [6, 6.07) is 0. The Labute approximate surface area is 74.4 Å². The molecule has 0 N–H and O–H groups in total. The lowest BCUT2D eigenvalue weighted by Crippen LogP contribution is -1.92. The second-order valence-corrected chi connectivity index (χ2v) is 3.87. The first-order chi connectivity index (χ1) is 5.90. The van der Waals surface area contributed by atoms with Crippen molar-refractivity contribution in [2.45, 2.75) is 25.7 Å². The normalized spacial score (nSPS) is 23.6. The van der Waals surface area contributed by atoms with Crippen LogP contribution in [0.1, 0.15) is 25.7 Å². The fourth-order valence-electron chi connectivity index (χ4n) is 1.33. The van der Waals surface area contributed by atoms with Crippen LogP contribution in [0.25, 0.3) is 0 Å². The Morgan fingerprint density at radius 3 is 2.50 bits per heavy atom. The van der Waals surface area contributed by atoms with Gasteiger partial charge in [-0.3, -0.25) is 0 Å². The van der Waals surface area contributed by atoms with Gasteiger partial charge in [-0.2, -0.15) is 0 Å². The molecule has 12 heavy (non-hydrogen) atoms. The smallest absolute Gasteiger partial charge is 0.0482 e. The Morgan fingerprint density at radius 2 is 2.00 bits per heavy atom. The molecule has 0 heteroatoms. The third kappa shape index (κ3) is 2.03. The van der Waals surface area contributed by atoms with E-state index in [4.69, 9.17) is 6.42 Å². The molecule has 1 unspecified atom stereocenters. The number of rotatable bonds is 3. The fraction of sp³-hybridized carbons (Fsp3) is 0.583. The molecule has 0 spiro atoms. The molecule has 0 aromatic carbocycles. The molecule has 0 heterocycles. The largest absolute Gasteiger partial charge is 0.128 e. The summed E-state index contributed by atoms with van der Waals surface area (Å²) >= 11 is 0. The van der Waals surface area contributed by atoms with Crippen molar-refractivity contribution in [1.29, 1.82) is 0 Å². The molecule has 0 amide bonds. The van der Waals surface area contributed by atoms with E-state index in [2.05, 4.69) is 23.8 Å². The van der Waals surface area contributed by atoms with Crippen molar-refractivity contribution in [1.82, 2.24) is 0 Å². The summed E-state index contributed by atoms with van der Waals surface area (Å²) in [7, 11) is 0. The van der Waals surface area contributed by atoms with Gasteiger partial charge < -0.3 is 0 Å². The zero-order valence-electron chi connectivity index (χ0n) is 7.29. The first-order valence-electron chi connectivity index (χ1n) is 4.79. The van der Waals surface area contributed by atoms with Gasteiger partial charge in [0, 0.05) is 5.92 Å². The standard InChI is InChI=1S/C12H14/c1-2-11(12-8-9-12)5-3-4-10-6-7-10/h1,4-5,10-12H,6-9H2. The molecular weight excluding hydrogens is 144 g/mol. The maximum atomic E-state index is 5.41. The van der Waals surface area contributed by atoms with E-state index < -0.39 is 0 Å². The first kappa shape index (κ1) is 7.71. The van der Waals surface area contributed by atoms with Crippen LogP contribution in [0, 0.1) is 30.1 Å². The maximum absolute atomic E-state index is 5.41. The van der Waals surface area contributed by atoms with Crippen molar-refractivity contribution in [2.24, 2.45) is 17.8 Å². The third-order valence-corrected chi connectivity index (χ3v) is 2.55. The van der Waals surface area contributed by atoms with Gasteiger partial charge in [-0.05, 0) is 49.7 Å². The quantitative estimate of drug-likeness (QED) is 0.437. The lowest BCUT2D eigenvalue weighted by Gasteiger charge is -1.97. The molecule has 0 bridgehead atoms. The van der Waals surface area contributed by atoms with Gasteiger partial charge in [0.25, 0.3) is 0 Å². The zero-order valence-corrected chi connectivity index (χ0v) is 7.29. The van der Waals surface area contributed by atoms with E-state index in [-0.39, 0.29) is 0 Å². The monoisotopic (exact) mass is 158 g/mol. The summed E-state index contributed by atoms with van der Waals surface area (Å²) in [5, 5.41) is 0. The molecule has 0 aromatic rings. The molecular formula is C12H14. The summed E-state index contributed by atoms with van der Waals surface area (Å²) in [4.78, 5) is 0. The van der Waals surface area contributed by atoms with E-state index in [1.54, 1.807) is 0 Å². The zero-order chi connectivity index (χ0) is 8.39. The predicted molar refractivity (Wildman–Crippen MR) is 50.4 cm³/mol. The van der Waals surface area contributed by atoms with E-state index in [1.807, 2.05) is 0 Å². The maximum Gasteiger partial charge on any atom is 0.0482 e. The van der Waals surface area contributed by atoms with E-state index in [9.17, 15) is 0 Å². The highest BCUT2D eigenvalue weighted by Gasteiger charge is 2.28. The van der Waals surface area contributed by atoms with Crippen LogP contribution >= 0.6 is 0 Å². The number of terminal acetylenes is 1. The average Bonchev–Trinajstić information content (AvgIpc) is 2.87. The van der Waals surface area contributed by atoms with Gasteiger partial charge in [-0.15, -0.1) is 12.2 Å². The summed E-state index contributed by atoms with van der Waals surface area (Å²) in [6.45, 7) is 0. The molecule has 1 atom stereocenters. The number of hydrogen-bond donors (Lipinski definition) is 0. The Balaban J connectivity index is 1.89. The van der Waals surface area contributed by atoms with Gasteiger partial charge in [0.05, 0.1) is 0 Å². The molecule has 2 saturated carbocycles. The summed E-state index contributed by atoms with van der Waals surface area (Å²) in [5.41, 5.74) is 3.23. The minimum atomic E-state index is 0.361. The van der Waals surface area contributed by atoms with Gasteiger partial charge in [-0.25, -0.2) is 0 Å². The lowest BCUT2D eigenvalue weighted by molar-refractivity contribution is 0.719. The van der Waals surface area contributed by atoms with Gasteiger partial charge in [-0.1, -0.05) is 5.92 Å². The molecule has 0 radical (unpaired) electrons. The average molecular weight is 158 g/mol. The van der Waals surface area contributed by atoms with E-state index in [0.29, 0.717) is 5.92 Å². The van der Waals surface area contributed by atoms with Crippen LogP contribution in [0.2, 0.25) is 0 Å². The molecule has 0 aliphatic heterocycles. The summed E-state index contributed by atoms with van der Waals surface area (Å²) in [6.07, 6.45) is 15.0. The minimum absolute atomic E-state index is 0.361. The SMILES string of the molecule is C#CC(C=C=CC1CC1)C1CC1. The highest BCUT2D eigenvalue weighted by Crippen LogP contribution is 2.37. The third-order valence-electron chi connectivity index (χ3n) is 2.55. The molecule has 2 aliphatic carbocycles. The van der Waals surface area contributed by atoms with Gasteiger partial charge in [0.15, 0.2) is 0 Å². The van der Waals surface area contributed by atoms with Crippen LogP contribution in [-0.4, -0.2) is 0 Å². The Morgan fingerprint density at radius 1 is 1.25 bits per heavy atom. The van der Waals surface area contributed by atoms with E-state index in [1.165, 1.54) is 25.7 Å². The second-order valence-electron chi connectivity index (χ2n) is 3.87. The van der Waals surface area contributed by atoms with Crippen molar-refractivity contribution < 1.29 is 0 Å². The van der Waals surface area contributed by atoms with Crippen LogP contribution < -0.4 is 0 Å². The van der Waals surface area contributed by atoms with Gasteiger partial charge in [0.2, 0.25) is 0 Å². The Hall–Kier alpha value is -0.920. The molecule has 0 saturated heterocycles. The molecule has 2 aliphatic rings. The van der Waals surface area contributed by atoms with Crippen LogP contribution in [0.15, 0.2) is 17.9 Å². The van der Waals surface area contributed by atoms with Crippen LogP contribution in [0.5, 0.6) is 0 Å². The van der Waals surface area contributed by atoms with E-state index in [0.717, 1.165) is 11.8 Å². The summed E-state index contributed by atoms with van der Waals surface area (Å²) in [5.74, 6) is 4.77. The van der Waals surface area contributed by atoms with E-state index >= 15 is 0 Å². The van der Waals surface area contributed by atoms with Crippen molar-refractivity contribution in [3.63, 3.8) is 0 Å². The lowest BCUT2D eigenvalue weighted by atomic mass is 10.1. The Kier molecular flexibility index (Phi) is 2.07. The molecule has 2 rings (SSSR count). The minimum Gasteiger partial charge on any atom is -0.128 e. The van der Waals surface area contributed by atoms with Crippen LogP contribution in [-0.2, 0) is 0 Å². The number of allylic oxidation sites excluding steroid dienone is 1. The Bertz CT molecular complexity index is 252. The van der Waals surface area contributed by atoms with Crippen LogP contribution in [0.3, 0.4) is 0 Å². The fourth-order valence-corrected chi connectivity index (χ4v) is 1.33. The van der Waals surface area contributed by atoms with Crippen molar-refractivity contribution >= 4 is 0 Å². The highest BCUT2D eigenvalue weighted by atomic mass is 14.3. The van der Waals surface area contributed by atoms with Gasteiger partial charge >= 0.3 is 0 Å². The molecule has 62 valence electrons. The first-order valence-corrected chi connectivity index (χ1v) is 4.79. The number of hydrogen-bond acceptors (Lipinski definition) is 0. The summed E-state index contributed by atoms with van der Waals surface area (Å²) < 4.78 is 0. The van der Waals surface area contributed by atoms with Crippen LogP contribution in [0.4, 0.5) is 0 Å². The molecule has 2 fully saturated rings. The second kappa shape index (κ2) is 3.21. The van der Waals surface area contributed by atoms with Crippen molar-refractivity contribution in [2.75, 3.05) is 0 Å². The van der Waals surface area contributed by atoms with Gasteiger partial charge in [0.1, 0.15) is 0 Å². The predicted octanol–water partition coefficient (Wildman–Crippen LogP) is 2.77.